The van der Waals surface area contributed by atoms with Crippen LogP contribution in [0, 0.1) is 0 Å². The summed E-state index contributed by atoms with van der Waals surface area (Å²) in [7, 11) is -3.78. The molecule has 1 aromatic carbocycles. The van der Waals surface area contributed by atoms with Crippen LogP contribution in [0.15, 0.2) is 29.2 Å². The first kappa shape index (κ1) is 18.6. The van der Waals surface area contributed by atoms with Gasteiger partial charge >= 0.3 is 6.18 Å². The number of alkyl halides is 3. The van der Waals surface area contributed by atoms with Gasteiger partial charge in [0.2, 0.25) is 10.0 Å². The fraction of sp³-hybridized carbons (Fsp3) is 0.571. The third-order valence-corrected chi connectivity index (χ3v) is 6.27. The molecule has 1 aliphatic heterocycles. The Kier molecular flexibility index (Phi) is 6.35. The third kappa shape index (κ3) is 5.66. The number of nitrogens with one attached hydrogen (secondary N) is 1. The molecule has 23 heavy (non-hydrogen) atoms. The van der Waals surface area contributed by atoms with Crippen LogP contribution in [0.1, 0.15) is 18.4 Å². The number of sulfonamides is 1. The van der Waals surface area contributed by atoms with Gasteiger partial charge in [0, 0.05) is 30.8 Å². The molecular formula is C14H18F3NO3S2. The van der Waals surface area contributed by atoms with E-state index in [0.29, 0.717) is 11.0 Å². The molecule has 130 valence electrons. The maximum Gasteiger partial charge on any atom is 0.416 e. The zero-order valence-electron chi connectivity index (χ0n) is 12.3. The Labute approximate surface area is 137 Å². The largest absolute Gasteiger partial charge is 0.416 e. The van der Waals surface area contributed by atoms with Crippen LogP contribution in [0.25, 0.3) is 0 Å². The molecule has 0 unspecified atom stereocenters. The molecule has 0 amide bonds. The van der Waals surface area contributed by atoms with Crippen molar-refractivity contribution in [2.45, 2.75) is 29.2 Å². The Morgan fingerprint density at radius 1 is 1.17 bits per heavy atom. The maximum atomic E-state index is 12.5. The van der Waals surface area contributed by atoms with E-state index in [-0.39, 0.29) is 11.4 Å². The monoisotopic (exact) mass is 369 g/mol. The topological polar surface area (TPSA) is 55.4 Å². The maximum absolute atomic E-state index is 12.5. The van der Waals surface area contributed by atoms with Gasteiger partial charge < -0.3 is 4.74 Å². The summed E-state index contributed by atoms with van der Waals surface area (Å²) in [6, 6.07) is 3.48. The van der Waals surface area contributed by atoms with Gasteiger partial charge in [0.25, 0.3) is 0 Å². The molecule has 0 radical (unpaired) electrons. The van der Waals surface area contributed by atoms with E-state index >= 15 is 0 Å². The molecule has 2 rings (SSSR count). The SMILES string of the molecule is O=S(=O)(NCCSC1CCOCC1)c1ccc(C(F)(F)F)cc1. The Morgan fingerprint density at radius 2 is 1.78 bits per heavy atom. The second-order valence-corrected chi connectivity index (χ2v) is 8.28. The summed E-state index contributed by atoms with van der Waals surface area (Å²) in [6.45, 7) is 1.70. The van der Waals surface area contributed by atoms with Crippen molar-refractivity contribution in [2.75, 3.05) is 25.5 Å². The molecular weight excluding hydrogens is 351 g/mol. The van der Waals surface area contributed by atoms with Crippen LogP contribution < -0.4 is 4.72 Å². The lowest BCUT2D eigenvalue weighted by Crippen LogP contribution is -2.27. The minimum atomic E-state index is -4.48. The normalized spacial score (nSPS) is 17.3. The highest BCUT2D eigenvalue weighted by Gasteiger charge is 2.30. The van der Waals surface area contributed by atoms with Gasteiger partial charge in [-0.15, -0.1) is 0 Å². The van der Waals surface area contributed by atoms with E-state index in [1.807, 2.05) is 0 Å². The molecule has 1 aliphatic rings. The lowest BCUT2D eigenvalue weighted by atomic mass is 10.2. The number of ether oxygens (including phenoxy) is 1. The predicted molar refractivity (Wildman–Crippen MR) is 82.9 cm³/mol. The summed E-state index contributed by atoms with van der Waals surface area (Å²) >= 11 is 1.68. The highest BCUT2D eigenvalue weighted by Crippen LogP contribution is 2.29. The number of halogens is 3. The van der Waals surface area contributed by atoms with Crippen molar-refractivity contribution in [1.29, 1.82) is 0 Å². The van der Waals surface area contributed by atoms with Crippen LogP contribution in [-0.4, -0.2) is 39.2 Å². The van der Waals surface area contributed by atoms with E-state index < -0.39 is 21.8 Å². The van der Waals surface area contributed by atoms with Gasteiger partial charge in [-0.25, -0.2) is 13.1 Å². The summed E-state index contributed by atoms with van der Waals surface area (Å²) in [6.07, 6.45) is -2.57. The van der Waals surface area contributed by atoms with Crippen LogP contribution in [0.3, 0.4) is 0 Å². The zero-order valence-corrected chi connectivity index (χ0v) is 13.9. The van der Waals surface area contributed by atoms with E-state index in [2.05, 4.69) is 4.72 Å². The van der Waals surface area contributed by atoms with Crippen molar-refractivity contribution >= 4 is 21.8 Å². The average Bonchev–Trinajstić information content (AvgIpc) is 2.52. The quantitative estimate of drug-likeness (QED) is 0.784. The smallest absolute Gasteiger partial charge is 0.381 e. The molecule has 1 aromatic rings. The highest BCUT2D eigenvalue weighted by atomic mass is 32.2. The molecule has 0 spiro atoms. The summed E-state index contributed by atoms with van der Waals surface area (Å²) in [4.78, 5) is -0.165. The number of hydrogen-bond donors (Lipinski definition) is 1. The van der Waals surface area contributed by atoms with E-state index in [9.17, 15) is 21.6 Å². The fourth-order valence-electron chi connectivity index (χ4n) is 2.15. The lowest BCUT2D eigenvalue weighted by Gasteiger charge is -2.21. The van der Waals surface area contributed by atoms with Crippen molar-refractivity contribution in [3.8, 4) is 0 Å². The van der Waals surface area contributed by atoms with Crippen LogP contribution in [0.2, 0.25) is 0 Å². The molecule has 1 saturated heterocycles. The number of hydrogen-bond acceptors (Lipinski definition) is 4. The molecule has 0 bridgehead atoms. The predicted octanol–water partition coefficient (Wildman–Crippen LogP) is 2.90. The van der Waals surface area contributed by atoms with Crippen LogP contribution >= 0.6 is 11.8 Å². The van der Waals surface area contributed by atoms with Gasteiger partial charge in [-0.05, 0) is 37.1 Å². The Balaban J connectivity index is 1.83. The molecule has 9 heteroatoms. The van der Waals surface area contributed by atoms with Crippen LogP contribution in [0.4, 0.5) is 13.2 Å². The first-order chi connectivity index (χ1) is 10.8. The van der Waals surface area contributed by atoms with E-state index in [0.717, 1.165) is 50.3 Å². The number of benzene rings is 1. The molecule has 1 heterocycles. The zero-order chi connectivity index (χ0) is 16.9. The van der Waals surface area contributed by atoms with Crippen LogP contribution in [-0.2, 0) is 20.9 Å². The summed E-state index contributed by atoms with van der Waals surface area (Å²) in [5, 5.41) is 0.472. The van der Waals surface area contributed by atoms with E-state index in [4.69, 9.17) is 4.74 Å². The lowest BCUT2D eigenvalue weighted by molar-refractivity contribution is -0.137. The van der Waals surface area contributed by atoms with Gasteiger partial charge in [0.05, 0.1) is 10.5 Å². The van der Waals surface area contributed by atoms with Crippen LogP contribution in [0.5, 0.6) is 0 Å². The highest BCUT2D eigenvalue weighted by molar-refractivity contribution is 8.00. The van der Waals surface area contributed by atoms with Crippen molar-refractivity contribution in [2.24, 2.45) is 0 Å². The Morgan fingerprint density at radius 3 is 2.35 bits per heavy atom. The molecule has 0 aliphatic carbocycles. The molecule has 1 fully saturated rings. The van der Waals surface area contributed by atoms with E-state index in [1.54, 1.807) is 11.8 Å². The van der Waals surface area contributed by atoms with Crippen molar-refractivity contribution in [1.82, 2.24) is 4.72 Å². The van der Waals surface area contributed by atoms with Crippen molar-refractivity contribution < 1.29 is 26.3 Å². The third-order valence-electron chi connectivity index (χ3n) is 3.41. The fourth-order valence-corrected chi connectivity index (χ4v) is 4.39. The second-order valence-electron chi connectivity index (χ2n) is 5.10. The van der Waals surface area contributed by atoms with Gasteiger partial charge in [-0.3, -0.25) is 0 Å². The standard InChI is InChI=1S/C14H18F3NO3S2/c15-14(16,17)11-1-3-13(4-2-11)23(19,20)18-7-10-22-12-5-8-21-9-6-12/h1-4,12,18H,5-10H2. The number of thioether (sulfide) groups is 1. The summed E-state index contributed by atoms with van der Waals surface area (Å²) in [5.41, 5.74) is -0.869. The Hall–Kier alpha value is -0.770. The first-order valence-corrected chi connectivity index (χ1v) is 9.68. The van der Waals surface area contributed by atoms with Gasteiger partial charge in [-0.1, -0.05) is 0 Å². The summed E-state index contributed by atoms with van der Waals surface area (Å²) in [5.74, 6) is 0.616. The molecule has 0 aromatic heterocycles. The molecule has 1 N–H and O–H groups in total. The number of rotatable bonds is 6. The van der Waals surface area contributed by atoms with Gasteiger partial charge in [0.15, 0.2) is 0 Å². The minimum Gasteiger partial charge on any atom is -0.381 e. The minimum absolute atomic E-state index is 0.165. The van der Waals surface area contributed by atoms with Crippen molar-refractivity contribution in [3.63, 3.8) is 0 Å². The van der Waals surface area contributed by atoms with Crippen molar-refractivity contribution in [3.05, 3.63) is 29.8 Å². The average molecular weight is 369 g/mol. The van der Waals surface area contributed by atoms with Gasteiger partial charge in [0.1, 0.15) is 0 Å². The summed E-state index contributed by atoms with van der Waals surface area (Å²) < 4.78 is 69.1. The first-order valence-electron chi connectivity index (χ1n) is 7.15. The van der Waals surface area contributed by atoms with E-state index in [1.165, 1.54) is 0 Å². The molecule has 0 saturated carbocycles. The Bertz CT molecular complexity index is 597. The molecule has 4 nitrogen and oxygen atoms in total. The molecule has 0 atom stereocenters. The second kappa shape index (κ2) is 7.87. The van der Waals surface area contributed by atoms with Gasteiger partial charge in [-0.2, -0.15) is 24.9 Å².